The molecule has 0 radical (unpaired) electrons. The van der Waals surface area contributed by atoms with Gasteiger partial charge in [0.2, 0.25) is 5.91 Å². The molecule has 112 valence electrons. The van der Waals surface area contributed by atoms with E-state index in [0.29, 0.717) is 38.5 Å². The van der Waals surface area contributed by atoms with Crippen LogP contribution in [0.4, 0.5) is 0 Å². The van der Waals surface area contributed by atoms with Crippen LogP contribution in [0.1, 0.15) is 17.5 Å². The summed E-state index contributed by atoms with van der Waals surface area (Å²) in [5.74, 6) is 0.124. The normalized spacial score (nSPS) is 16.5. The summed E-state index contributed by atoms with van der Waals surface area (Å²) in [6.45, 7) is 4.34. The van der Waals surface area contributed by atoms with E-state index in [1.807, 2.05) is 6.92 Å². The number of nitrogens with two attached hydrogens (primary N) is 1. The molecule has 2 heterocycles. The molecule has 1 aromatic heterocycles. The fourth-order valence-electron chi connectivity index (χ4n) is 2.10. The molecule has 0 aromatic carbocycles. The van der Waals surface area contributed by atoms with Crippen LogP contribution in [0.25, 0.3) is 0 Å². The molecule has 6 nitrogen and oxygen atoms in total. The maximum atomic E-state index is 12.0. The molecule has 0 bridgehead atoms. The van der Waals surface area contributed by atoms with Crippen molar-refractivity contribution >= 4 is 24.2 Å². The maximum absolute atomic E-state index is 12.0. The van der Waals surface area contributed by atoms with Gasteiger partial charge in [0.25, 0.3) is 5.91 Å². The number of furan rings is 1. The summed E-state index contributed by atoms with van der Waals surface area (Å²) in [5, 5.41) is 0. The van der Waals surface area contributed by atoms with E-state index in [0.717, 1.165) is 0 Å². The molecular weight excluding hydrogens is 282 g/mol. The van der Waals surface area contributed by atoms with E-state index in [-0.39, 0.29) is 30.1 Å². The summed E-state index contributed by atoms with van der Waals surface area (Å²) >= 11 is 0. The smallest absolute Gasteiger partial charge is 0.289 e. The van der Waals surface area contributed by atoms with E-state index in [1.54, 1.807) is 21.9 Å². The van der Waals surface area contributed by atoms with Crippen molar-refractivity contribution < 1.29 is 14.0 Å². The summed E-state index contributed by atoms with van der Waals surface area (Å²) < 4.78 is 5.09. The van der Waals surface area contributed by atoms with E-state index in [4.69, 9.17) is 10.2 Å². The number of piperazine rings is 1. The Labute approximate surface area is 124 Å². The molecule has 1 saturated heterocycles. The van der Waals surface area contributed by atoms with Crippen LogP contribution in [-0.2, 0) is 4.79 Å². The lowest BCUT2D eigenvalue weighted by atomic mass is 10.1. The standard InChI is InChI=1S/C13H19N3O3.ClH/c1-10(9-14)12(17)15-4-6-16(7-5-15)13(18)11-3-2-8-19-11;/h2-3,8,10H,4-7,9,14H2,1H3;1H. The van der Waals surface area contributed by atoms with Gasteiger partial charge in [0.1, 0.15) is 0 Å². The molecule has 7 heteroatoms. The quantitative estimate of drug-likeness (QED) is 0.885. The van der Waals surface area contributed by atoms with Gasteiger partial charge < -0.3 is 20.0 Å². The van der Waals surface area contributed by atoms with Gasteiger partial charge in [-0.2, -0.15) is 0 Å². The maximum Gasteiger partial charge on any atom is 0.289 e. The lowest BCUT2D eigenvalue weighted by Gasteiger charge is -2.35. The van der Waals surface area contributed by atoms with Crippen LogP contribution in [0, 0.1) is 5.92 Å². The minimum absolute atomic E-state index is 0. The molecule has 1 fully saturated rings. The van der Waals surface area contributed by atoms with Gasteiger partial charge in [-0.3, -0.25) is 9.59 Å². The van der Waals surface area contributed by atoms with Crippen LogP contribution >= 0.6 is 12.4 Å². The third-order valence-corrected chi connectivity index (χ3v) is 3.39. The highest BCUT2D eigenvalue weighted by atomic mass is 35.5. The monoisotopic (exact) mass is 301 g/mol. The van der Waals surface area contributed by atoms with Crippen molar-refractivity contribution in [1.29, 1.82) is 0 Å². The van der Waals surface area contributed by atoms with Crippen molar-refractivity contribution in [2.24, 2.45) is 11.7 Å². The first-order chi connectivity index (χ1) is 9.13. The molecule has 1 unspecified atom stereocenters. The molecule has 2 rings (SSSR count). The number of nitrogens with zero attached hydrogens (tertiary/aromatic N) is 2. The van der Waals surface area contributed by atoms with Gasteiger partial charge >= 0.3 is 0 Å². The Balaban J connectivity index is 0.00000200. The first-order valence-electron chi connectivity index (χ1n) is 6.45. The molecule has 0 spiro atoms. The van der Waals surface area contributed by atoms with Gasteiger partial charge in [0.15, 0.2) is 5.76 Å². The van der Waals surface area contributed by atoms with E-state index in [1.165, 1.54) is 6.26 Å². The van der Waals surface area contributed by atoms with Crippen LogP contribution in [0.15, 0.2) is 22.8 Å². The van der Waals surface area contributed by atoms with Crippen molar-refractivity contribution in [2.45, 2.75) is 6.92 Å². The minimum atomic E-state index is -0.160. The number of carbonyl (C=O) groups is 2. The van der Waals surface area contributed by atoms with E-state index >= 15 is 0 Å². The summed E-state index contributed by atoms with van der Waals surface area (Å²) in [6.07, 6.45) is 1.48. The van der Waals surface area contributed by atoms with Crippen LogP contribution in [-0.4, -0.2) is 54.3 Å². The molecular formula is C13H20ClN3O3. The number of halogens is 1. The first-order valence-corrected chi connectivity index (χ1v) is 6.45. The number of amides is 2. The molecule has 0 saturated carbocycles. The Hall–Kier alpha value is -1.53. The molecule has 1 aliphatic heterocycles. The predicted molar refractivity (Wildman–Crippen MR) is 76.7 cm³/mol. The second-order valence-corrected chi connectivity index (χ2v) is 4.73. The molecule has 2 amide bonds. The summed E-state index contributed by atoms with van der Waals surface area (Å²) in [4.78, 5) is 27.5. The average molecular weight is 302 g/mol. The third kappa shape index (κ3) is 3.52. The van der Waals surface area contributed by atoms with Crippen LogP contribution in [0.2, 0.25) is 0 Å². The van der Waals surface area contributed by atoms with Crippen molar-refractivity contribution in [3.63, 3.8) is 0 Å². The van der Waals surface area contributed by atoms with Crippen LogP contribution in [0.3, 0.4) is 0 Å². The van der Waals surface area contributed by atoms with E-state index in [2.05, 4.69) is 0 Å². The van der Waals surface area contributed by atoms with Gasteiger partial charge in [-0.1, -0.05) is 6.92 Å². The number of rotatable bonds is 3. The highest BCUT2D eigenvalue weighted by molar-refractivity contribution is 5.91. The van der Waals surface area contributed by atoms with E-state index in [9.17, 15) is 9.59 Å². The molecule has 0 aliphatic carbocycles. The fourth-order valence-corrected chi connectivity index (χ4v) is 2.10. The van der Waals surface area contributed by atoms with Gasteiger partial charge in [-0.05, 0) is 12.1 Å². The lowest BCUT2D eigenvalue weighted by Crippen LogP contribution is -2.52. The molecule has 1 aliphatic rings. The lowest BCUT2D eigenvalue weighted by molar-refractivity contribution is -0.136. The van der Waals surface area contributed by atoms with Gasteiger partial charge in [0, 0.05) is 38.6 Å². The average Bonchev–Trinajstić information content (AvgIpc) is 2.99. The topological polar surface area (TPSA) is 79.8 Å². The van der Waals surface area contributed by atoms with Crippen molar-refractivity contribution in [1.82, 2.24) is 9.80 Å². The Morgan fingerprint density at radius 3 is 2.40 bits per heavy atom. The Morgan fingerprint density at radius 2 is 1.90 bits per heavy atom. The Bertz CT molecular complexity index is 442. The first kappa shape index (κ1) is 16.5. The summed E-state index contributed by atoms with van der Waals surface area (Å²) in [7, 11) is 0. The number of carbonyl (C=O) groups excluding carboxylic acids is 2. The molecule has 2 N–H and O–H groups in total. The largest absolute Gasteiger partial charge is 0.459 e. The Kier molecular flexibility index (Phi) is 6.04. The zero-order chi connectivity index (χ0) is 13.8. The summed E-state index contributed by atoms with van der Waals surface area (Å²) in [6, 6.07) is 3.34. The molecule has 1 aromatic rings. The number of hydrogen-bond donors (Lipinski definition) is 1. The van der Waals surface area contributed by atoms with Crippen molar-refractivity contribution in [3.8, 4) is 0 Å². The van der Waals surface area contributed by atoms with Gasteiger partial charge in [0.05, 0.1) is 6.26 Å². The SMILES string of the molecule is CC(CN)C(=O)N1CCN(C(=O)c2ccco2)CC1.Cl. The van der Waals surface area contributed by atoms with E-state index < -0.39 is 0 Å². The van der Waals surface area contributed by atoms with Crippen LogP contribution in [0.5, 0.6) is 0 Å². The number of hydrogen-bond acceptors (Lipinski definition) is 4. The summed E-state index contributed by atoms with van der Waals surface area (Å²) in [5.41, 5.74) is 5.49. The van der Waals surface area contributed by atoms with Crippen LogP contribution < -0.4 is 5.73 Å². The zero-order valence-corrected chi connectivity index (χ0v) is 12.3. The van der Waals surface area contributed by atoms with Gasteiger partial charge in [-0.15, -0.1) is 12.4 Å². The second-order valence-electron chi connectivity index (χ2n) is 4.73. The fraction of sp³-hybridized carbons (Fsp3) is 0.538. The molecule has 20 heavy (non-hydrogen) atoms. The van der Waals surface area contributed by atoms with Crippen molar-refractivity contribution in [3.05, 3.63) is 24.2 Å². The van der Waals surface area contributed by atoms with Crippen molar-refractivity contribution in [2.75, 3.05) is 32.7 Å². The highest BCUT2D eigenvalue weighted by Crippen LogP contribution is 2.11. The predicted octanol–water partition coefficient (Wildman–Crippen LogP) is 0.581. The van der Waals surface area contributed by atoms with Gasteiger partial charge in [-0.25, -0.2) is 0 Å². The second kappa shape index (κ2) is 7.31. The molecule has 1 atom stereocenters. The zero-order valence-electron chi connectivity index (χ0n) is 11.4. The Morgan fingerprint density at radius 1 is 1.30 bits per heavy atom. The highest BCUT2D eigenvalue weighted by Gasteiger charge is 2.27. The third-order valence-electron chi connectivity index (χ3n) is 3.39. The minimum Gasteiger partial charge on any atom is -0.459 e.